The third-order valence-electron chi connectivity index (χ3n) is 10.2. The second-order valence-electron chi connectivity index (χ2n) is 14.5. The molecule has 16 heteroatoms. The highest BCUT2D eigenvalue weighted by molar-refractivity contribution is 7.47. The minimum Gasteiger partial charge on any atom is -0.497 e. The Morgan fingerprint density at radius 2 is 1.50 bits per heavy atom. The molecule has 1 unspecified atom stereocenters. The van der Waals surface area contributed by atoms with Gasteiger partial charge in [0.25, 0.3) is 0 Å². The van der Waals surface area contributed by atoms with Crippen LogP contribution in [-0.2, 0) is 28.7 Å². The smallest absolute Gasteiger partial charge is 0.472 e. The van der Waals surface area contributed by atoms with Crippen molar-refractivity contribution in [3.05, 3.63) is 48.4 Å². The zero-order valence-electron chi connectivity index (χ0n) is 33.0. The van der Waals surface area contributed by atoms with Gasteiger partial charge in [0.1, 0.15) is 47.7 Å². The predicted octanol–water partition coefficient (Wildman–Crippen LogP) is 6.88. The first-order chi connectivity index (χ1) is 27.1. The lowest BCUT2D eigenvalue weighted by atomic mass is 9.92. The molecule has 0 spiro atoms. The van der Waals surface area contributed by atoms with Gasteiger partial charge in [-0.25, -0.2) is 14.1 Å². The summed E-state index contributed by atoms with van der Waals surface area (Å²) in [5.41, 5.74) is 4.28. The fraction of sp³-hybridized carbons (Fsp3) is 0.675. The van der Waals surface area contributed by atoms with Crippen molar-refractivity contribution in [1.82, 2.24) is 14.6 Å². The lowest BCUT2D eigenvalue weighted by molar-refractivity contribution is -0.0648. The molecule has 56 heavy (non-hydrogen) atoms. The van der Waals surface area contributed by atoms with Crippen LogP contribution in [0.4, 0.5) is 5.82 Å². The maximum Gasteiger partial charge on any atom is 0.472 e. The second-order valence-corrected chi connectivity index (χ2v) is 16.0. The SMILES string of the molecule is CCCCCCCCCCCCCCCCCOC[C@@H](COc1ccc(OC)cc1)COP(=O)(O)OC[C@H]1O[C@@](C#N)(c2ccc3c(N)ncnn23)[C@H](O)[C@@H]1O. The fourth-order valence-corrected chi connectivity index (χ4v) is 7.62. The van der Waals surface area contributed by atoms with E-state index in [9.17, 15) is 24.9 Å². The zero-order chi connectivity index (χ0) is 40.2. The molecule has 6 atom stereocenters. The molecule has 0 saturated carbocycles. The zero-order valence-corrected chi connectivity index (χ0v) is 33.9. The third kappa shape index (κ3) is 13.7. The molecule has 2 aromatic heterocycles. The van der Waals surface area contributed by atoms with E-state index in [2.05, 4.69) is 17.0 Å². The maximum atomic E-state index is 13.0. The summed E-state index contributed by atoms with van der Waals surface area (Å²) in [6.07, 6.45) is 15.5. The number of benzene rings is 1. The molecule has 0 bridgehead atoms. The molecular weight excluding hydrogens is 741 g/mol. The molecule has 1 fully saturated rings. The number of methoxy groups -OCH3 is 1. The monoisotopic (exact) mass is 803 g/mol. The van der Waals surface area contributed by atoms with Crippen molar-refractivity contribution in [3.8, 4) is 17.6 Å². The van der Waals surface area contributed by atoms with Crippen molar-refractivity contribution in [3.63, 3.8) is 0 Å². The van der Waals surface area contributed by atoms with Gasteiger partial charge in [-0.15, -0.1) is 0 Å². The molecule has 0 aliphatic carbocycles. The number of rotatable bonds is 29. The number of aliphatic hydroxyl groups excluding tert-OH is 2. The number of ether oxygens (including phenoxy) is 4. The van der Waals surface area contributed by atoms with E-state index in [1.165, 1.54) is 94.0 Å². The standard InChI is InChI=1S/C40H62N5O10P/c1-3-4-5-6-7-8-9-10-11-12-13-14-15-16-17-24-51-25-31(26-52-33-20-18-32(50-2)19-21-33)27-53-56(48,49)54-28-35-37(46)38(47)40(29-41,55-35)36-23-22-34-39(42)43-30-44-45(34)36/h18-23,30-31,35,37-38,46-47H,3-17,24-28H2,1-2H3,(H,48,49)(H2,42,43,44)/t31-,35+,37+,38+,40-/m0/s1. The van der Waals surface area contributed by atoms with Gasteiger partial charge in [-0.1, -0.05) is 96.8 Å². The molecule has 5 N–H and O–H groups in total. The summed E-state index contributed by atoms with van der Waals surface area (Å²) >= 11 is 0. The van der Waals surface area contributed by atoms with Crippen LogP contribution in [0.5, 0.6) is 11.5 Å². The minimum absolute atomic E-state index is 0.0885. The van der Waals surface area contributed by atoms with Crippen LogP contribution < -0.4 is 15.2 Å². The Morgan fingerprint density at radius 3 is 2.11 bits per heavy atom. The van der Waals surface area contributed by atoms with Gasteiger partial charge >= 0.3 is 7.82 Å². The van der Waals surface area contributed by atoms with Gasteiger partial charge in [0.2, 0.25) is 5.60 Å². The number of unbranched alkanes of at least 4 members (excludes halogenated alkanes) is 14. The highest BCUT2D eigenvalue weighted by atomic mass is 31.2. The number of nitrogens with two attached hydrogens (primary N) is 1. The van der Waals surface area contributed by atoms with Gasteiger partial charge in [-0.3, -0.25) is 9.05 Å². The van der Waals surface area contributed by atoms with E-state index in [1.54, 1.807) is 37.4 Å². The van der Waals surface area contributed by atoms with Crippen LogP contribution in [0.15, 0.2) is 42.7 Å². The van der Waals surface area contributed by atoms with E-state index in [4.69, 9.17) is 33.7 Å². The molecule has 3 heterocycles. The van der Waals surface area contributed by atoms with Gasteiger partial charge in [0.05, 0.1) is 39.2 Å². The van der Waals surface area contributed by atoms with Crippen LogP contribution in [0.2, 0.25) is 0 Å². The summed E-state index contributed by atoms with van der Waals surface area (Å²) in [6.45, 7) is 2.24. The molecular formula is C40H62N5O10P. The number of fused-ring (bicyclic) bond motifs is 1. The van der Waals surface area contributed by atoms with E-state index in [0.717, 1.165) is 19.3 Å². The summed E-state index contributed by atoms with van der Waals surface area (Å²) in [5, 5.41) is 36.0. The third-order valence-corrected chi connectivity index (χ3v) is 11.1. The normalized spacial score (nSPS) is 21.2. The van der Waals surface area contributed by atoms with E-state index in [-0.39, 0.29) is 31.3 Å². The van der Waals surface area contributed by atoms with Crippen LogP contribution in [0.3, 0.4) is 0 Å². The summed E-state index contributed by atoms with van der Waals surface area (Å²) in [4.78, 5) is 14.5. The molecule has 15 nitrogen and oxygen atoms in total. The van der Waals surface area contributed by atoms with Crippen LogP contribution >= 0.6 is 7.82 Å². The first-order valence-electron chi connectivity index (χ1n) is 20.1. The van der Waals surface area contributed by atoms with Crippen molar-refractivity contribution in [1.29, 1.82) is 5.26 Å². The highest BCUT2D eigenvalue weighted by Crippen LogP contribution is 2.46. The van der Waals surface area contributed by atoms with Crippen LogP contribution in [-0.4, -0.2) is 88.2 Å². The Hall–Kier alpha value is -3.32. The Morgan fingerprint density at radius 1 is 0.893 bits per heavy atom. The van der Waals surface area contributed by atoms with Crippen LogP contribution in [0.25, 0.3) is 5.52 Å². The number of nitrogens with zero attached hydrogens (tertiary/aromatic N) is 4. The largest absolute Gasteiger partial charge is 0.497 e. The molecule has 312 valence electrons. The topological polar surface area (TPSA) is 213 Å². The first kappa shape index (κ1) is 45.4. The van der Waals surface area contributed by atoms with Crippen molar-refractivity contribution in [2.75, 3.05) is 45.9 Å². The number of phosphoric ester groups is 1. The Balaban J connectivity index is 1.19. The molecule has 1 aliphatic heterocycles. The Bertz CT molecular complexity index is 1660. The number of phosphoric acid groups is 1. The summed E-state index contributed by atoms with van der Waals surface area (Å²) in [5.74, 6) is 0.960. The number of aromatic nitrogens is 3. The van der Waals surface area contributed by atoms with E-state index in [0.29, 0.717) is 23.6 Å². The highest BCUT2D eigenvalue weighted by Gasteiger charge is 2.58. The van der Waals surface area contributed by atoms with E-state index >= 15 is 0 Å². The Kier molecular flexibility index (Phi) is 19.3. The molecule has 3 aromatic rings. The van der Waals surface area contributed by atoms with Crippen molar-refractivity contribution in [2.24, 2.45) is 5.92 Å². The molecule has 0 radical (unpaired) electrons. The van der Waals surface area contributed by atoms with E-state index in [1.807, 2.05) is 6.07 Å². The maximum absolute atomic E-state index is 13.0. The lowest BCUT2D eigenvalue weighted by Crippen LogP contribution is -2.41. The molecule has 4 rings (SSSR count). The van der Waals surface area contributed by atoms with Crippen LogP contribution in [0, 0.1) is 17.2 Å². The number of aliphatic hydroxyl groups is 2. The first-order valence-corrected chi connectivity index (χ1v) is 21.6. The van der Waals surface area contributed by atoms with Gasteiger partial charge < -0.3 is 39.8 Å². The second kappa shape index (κ2) is 23.8. The van der Waals surface area contributed by atoms with Crippen molar-refractivity contribution in [2.45, 2.75) is 127 Å². The molecule has 1 aromatic carbocycles. The molecule has 0 amide bonds. The summed E-state index contributed by atoms with van der Waals surface area (Å²) < 4.78 is 47.8. The average Bonchev–Trinajstić information content (AvgIpc) is 3.75. The molecule has 1 aliphatic rings. The summed E-state index contributed by atoms with van der Waals surface area (Å²) in [6, 6.07) is 12.0. The number of hydrogen-bond donors (Lipinski definition) is 4. The average molecular weight is 804 g/mol. The minimum atomic E-state index is -4.71. The van der Waals surface area contributed by atoms with E-state index < -0.39 is 44.3 Å². The van der Waals surface area contributed by atoms with Crippen molar-refractivity contribution >= 4 is 19.2 Å². The Labute approximate surface area is 331 Å². The van der Waals surface area contributed by atoms with Crippen molar-refractivity contribution < 1.29 is 47.7 Å². The van der Waals surface area contributed by atoms with Gasteiger partial charge in [-0.05, 0) is 42.8 Å². The van der Waals surface area contributed by atoms with Gasteiger partial charge in [-0.2, -0.15) is 10.4 Å². The number of nitriles is 1. The quantitative estimate of drug-likeness (QED) is 0.0416. The number of hydrogen-bond acceptors (Lipinski definition) is 13. The molecule has 1 saturated heterocycles. The fourth-order valence-electron chi connectivity index (χ4n) is 6.81. The number of anilines is 1. The number of nitrogen functional groups attached to an aromatic ring is 1. The van der Waals surface area contributed by atoms with Crippen LogP contribution in [0.1, 0.15) is 109 Å². The van der Waals surface area contributed by atoms with Gasteiger partial charge in [0.15, 0.2) is 5.82 Å². The predicted molar refractivity (Wildman–Crippen MR) is 211 cm³/mol. The lowest BCUT2D eigenvalue weighted by Gasteiger charge is -2.24. The summed E-state index contributed by atoms with van der Waals surface area (Å²) in [7, 11) is -3.13. The van der Waals surface area contributed by atoms with Gasteiger partial charge in [0, 0.05) is 12.5 Å².